The molecule has 1 aliphatic heterocycles. The summed E-state index contributed by atoms with van der Waals surface area (Å²) in [7, 11) is 0. The van der Waals surface area contributed by atoms with Gasteiger partial charge in [0.1, 0.15) is 12.5 Å². The normalized spacial score (nSPS) is 15.2. The lowest BCUT2D eigenvalue weighted by molar-refractivity contribution is -0.486. The van der Waals surface area contributed by atoms with Gasteiger partial charge in [0.2, 0.25) is 5.69 Å². The molecule has 0 aliphatic carbocycles. The Kier molecular flexibility index (Phi) is 4.14. The minimum Gasteiger partial charge on any atom is -0.661 e. The van der Waals surface area contributed by atoms with E-state index >= 15 is 0 Å². The van der Waals surface area contributed by atoms with Crippen LogP contribution < -0.4 is 9.46 Å². The number of benzene rings is 2. The van der Waals surface area contributed by atoms with Gasteiger partial charge in [0.05, 0.1) is 6.26 Å². The Bertz CT molecular complexity index is 1420. The van der Waals surface area contributed by atoms with Crippen molar-refractivity contribution in [1.82, 2.24) is 0 Å². The maximum Gasteiger partial charge on any atom is 0.217 e. The molecule has 0 fully saturated rings. The quantitative estimate of drug-likeness (QED) is 0.363. The average Bonchev–Trinajstić information content (AvgIpc) is 3.22. The first-order valence-electron chi connectivity index (χ1n) is 10.1. The van der Waals surface area contributed by atoms with Gasteiger partial charge in [-0.25, -0.2) is 0 Å². The lowest BCUT2D eigenvalue weighted by Gasteiger charge is -2.22. The molecule has 148 valence electrons. The topological polar surface area (TPSA) is 33.1 Å². The summed E-state index contributed by atoms with van der Waals surface area (Å²) in [4.78, 5) is 0. The third kappa shape index (κ3) is 3.03. The molecule has 0 N–H and O–H groups in total. The summed E-state index contributed by atoms with van der Waals surface area (Å²) in [6.45, 7) is 11.0. The summed E-state index contributed by atoms with van der Waals surface area (Å²) in [5.41, 5.74) is 5.47. The predicted octanol–water partition coefficient (Wildman–Crippen LogP) is 6.06. The van der Waals surface area contributed by atoms with Crippen LogP contribution in [-0.2, 0) is 5.41 Å². The number of hydrogen-bond acceptors (Lipinski definition) is 1. The van der Waals surface area contributed by atoms with Crippen molar-refractivity contribution in [2.24, 2.45) is 0 Å². The number of allylic oxidation sites excluding steroid dienone is 1. The van der Waals surface area contributed by atoms with E-state index in [1.54, 1.807) is 6.26 Å². The van der Waals surface area contributed by atoms with Gasteiger partial charge in [-0.3, -0.25) is 0 Å². The van der Waals surface area contributed by atoms with Crippen molar-refractivity contribution in [3.8, 4) is 11.3 Å². The number of pyridine rings is 1. The second-order valence-electron chi connectivity index (χ2n) is 8.76. The van der Waals surface area contributed by atoms with Crippen LogP contribution in [-0.4, -0.2) is 0 Å². The van der Waals surface area contributed by atoms with Gasteiger partial charge in [-0.1, -0.05) is 56.8 Å². The third-order valence-electron chi connectivity index (χ3n) is 5.66. The summed E-state index contributed by atoms with van der Waals surface area (Å²) in [6.07, 6.45) is 7.52. The minimum absolute atomic E-state index is 0.0324. The van der Waals surface area contributed by atoms with Crippen molar-refractivity contribution < 1.29 is 8.66 Å². The molecule has 3 heteroatoms. The molecule has 0 saturated carbocycles. The maximum atomic E-state index is 5.72. The van der Waals surface area contributed by atoms with Crippen LogP contribution in [0.25, 0.3) is 32.9 Å². The fourth-order valence-electron chi connectivity index (χ4n) is 4.13. The highest BCUT2D eigenvalue weighted by Crippen LogP contribution is 2.36. The summed E-state index contributed by atoms with van der Waals surface area (Å²) < 4.78 is 7.65. The van der Waals surface area contributed by atoms with Gasteiger partial charge in [0.25, 0.3) is 0 Å². The van der Waals surface area contributed by atoms with Crippen molar-refractivity contribution in [3.63, 3.8) is 0 Å². The Balaban J connectivity index is 1.79. The Labute approximate surface area is 176 Å². The first-order valence-corrected chi connectivity index (χ1v) is 10.1. The second-order valence-corrected chi connectivity index (χ2v) is 8.76. The van der Waals surface area contributed by atoms with Gasteiger partial charge in [-0.05, 0) is 45.2 Å². The summed E-state index contributed by atoms with van der Waals surface area (Å²) in [6, 6.07) is 19.3. The highest BCUT2D eigenvalue weighted by molar-refractivity contribution is 5.91. The molecular weight excluding hydrogens is 368 g/mol. The molecule has 2 aromatic carbocycles. The molecule has 4 aromatic rings. The lowest BCUT2D eigenvalue weighted by Crippen LogP contribution is -2.22. The van der Waals surface area contributed by atoms with Crippen LogP contribution in [0.4, 0.5) is 5.69 Å². The van der Waals surface area contributed by atoms with Crippen LogP contribution in [0.15, 0.2) is 83.8 Å². The molecule has 0 atom stereocenters. The summed E-state index contributed by atoms with van der Waals surface area (Å²) >= 11 is 0. The Morgan fingerprint density at radius 1 is 1.00 bits per heavy atom. The number of aromatic nitrogens is 1. The molecule has 0 spiro atoms. The maximum absolute atomic E-state index is 5.72. The van der Waals surface area contributed by atoms with Crippen molar-refractivity contribution in [1.29, 1.82) is 0 Å². The molecule has 3 heterocycles. The van der Waals surface area contributed by atoms with E-state index in [1.165, 1.54) is 16.3 Å². The molecule has 30 heavy (non-hydrogen) atoms. The molecule has 5 rings (SSSR count). The van der Waals surface area contributed by atoms with Gasteiger partial charge in [0.15, 0.2) is 6.20 Å². The predicted molar refractivity (Wildman–Crippen MR) is 122 cm³/mol. The second kappa shape index (κ2) is 6.74. The zero-order chi connectivity index (χ0) is 20.9. The minimum atomic E-state index is 0.0324. The van der Waals surface area contributed by atoms with Gasteiger partial charge in [0, 0.05) is 23.3 Å². The van der Waals surface area contributed by atoms with Crippen molar-refractivity contribution in [2.45, 2.75) is 26.2 Å². The van der Waals surface area contributed by atoms with E-state index < -0.39 is 0 Å². The molecule has 0 bridgehead atoms. The average molecular weight is 393 g/mol. The van der Waals surface area contributed by atoms with Crippen molar-refractivity contribution in [2.75, 3.05) is 0 Å². The first-order chi connectivity index (χ1) is 14.4. The molecule has 0 unspecified atom stereocenters. The van der Waals surface area contributed by atoms with Crippen LogP contribution in [0.3, 0.4) is 0 Å². The van der Waals surface area contributed by atoms with Crippen LogP contribution >= 0.6 is 0 Å². The van der Waals surface area contributed by atoms with Gasteiger partial charge >= 0.3 is 0 Å². The smallest absolute Gasteiger partial charge is 0.217 e. The zero-order valence-corrected chi connectivity index (χ0v) is 17.5. The lowest BCUT2D eigenvalue weighted by atomic mass is 9.82. The van der Waals surface area contributed by atoms with Gasteiger partial charge < -0.3 is 9.73 Å². The van der Waals surface area contributed by atoms with E-state index in [1.807, 2.05) is 28.8 Å². The fourth-order valence-corrected chi connectivity index (χ4v) is 4.13. The molecule has 2 aromatic heterocycles. The molecule has 3 nitrogen and oxygen atoms in total. The Hall–Kier alpha value is -3.59. The SMILES string of the molecule is C=[n+]1ccc(=C2C=C[N-]c3ccoc32)cc1-c1cc(C(C)(C)C)c2ccccc2c1. The van der Waals surface area contributed by atoms with E-state index in [0.717, 1.165) is 33.5 Å². The molecule has 0 saturated heterocycles. The number of hydrogen-bond donors (Lipinski definition) is 0. The monoisotopic (exact) mass is 392 g/mol. The van der Waals surface area contributed by atoms with E-state index in [-0.39, 0.29) is 5.41 Å². The highest BCUT2D eigenvalue weighted by atomic mass is 16.3. The van der Waals surface area contributed by atoms with E-state index in [0.29, 0.717) is 0 Å². The summed E-state index contributed by atoms with van der Waals surface area (Å²) in [5.74, 6) is 0.805. The number of fused-ring (bicyclic) bond motifs is 2. The van der Waals surface area contributed by atoms with E-state index in [2.05, 4.69) is 81.3 Å². The molecule has 0 amide bonds. The number of nitrogens with zero attached hydrogens (tertiary/aromatic N) is 2. The van der Waals surface area contributed by atoms with Crippen LogP contribution in [0, 0.1) is 6.72 Å². The zero-order valence-electron chi connectivity index (χ0n) is 17.5. The summed E-state index contributed by atoms with van der Waals surface area (Å²) in [5, 5.41) is 8.00. The number of furan rings is 1. The van der Waals surface area contributed by atoms with Crippen LogP contribution in [0.5, 0.6) is 0 Å². The van der Waals surface area contributed by atoms with Crippen LogP contribution in [0.1, 0.15) is 32.1 Å². The Morgan fingerprint density at radius 2 is 1.83 bits per heavy atom. The van der Waals surface area contributed by atoms with E-state index in [4.69, 9.17) is 4.42 Å². The van der Waals surface area contributed by atoms with Crippen LogP contribution in [0.2, 0.25) is 0 Å². The first kappa shape index (κ1) is 18.4. The fraction of sp³-hybridized carbons (Fsp3) is 0.148. The number of rotatable bonds is 1. The highest BCUT2D eigenvalue weighted by Gasteiger charge is 2.20. The molecule has 1 aliphatic rings. The van der Waals surface area contributed by atoms with Gasteiger partial charge in [-0.2, -0.15) is 10.4 Å². The third-order valence-corrected chi connectivity index (χ3v) is 5.66. The molecule has 0 radical (unpaired) electrons. The van der Waals surface area contributed by atoms with Crippen molar-refractivity contribution >= 4 is 22.0 Å². The Morgan fingerprint density at radius 3 is 2.67 bits per heavy atom. The molecular formula is C27H24N2O. The van der Waals surface area contributed by atoms with Crippen molar-refractivity contribution in [3.05, 3.63) is 108 Å². The van der Waals surface area contributed by atoms with Gasteiger partial charge in [-0.15, -0.1) is 0 Å². The largest absolute Gasteiger partial charge is 0.661 e. The van der Waals surface area contributed by atoms with E-state index in [9.17, 15) is 0 Å². The standard InChI is InChI=1S/C27H24N2O/c1-27(2,3)23-16-20(15-18-7-5-6-8-21(18)23)25-17-19(10-13-29(25)4)22-9-12-28-24-11-14-30-26(22)24/h5-17H,4H2,1-3H3.